The molecule has 172 valence electrons. The molecule has 3 heterocycles. The van der Waals surface area contributed by atoms with Gasteiger partial charge in [0.1, 0.15) is 5.69 Å². The topological polar surface area (TPSA) is 81.3 Å². The van der Waals surface area contributed by atoms with Gasteiger partial charge in [-0.15, -0.1) is 11.3 Å². The zero-order chi connectivity index (χ0) is 23.9. The summed E-state index contributed by atoms with van der Waals surface area (Å²) >= 11 is 1.37. The van der Waals surface area contributed by atoms with E-state index in [1.54, 1.807) is 4.40 Å². The predicted molar refractivity (Wildman–Crippen MR) is 132 cm³/mol. The van der Waals surface area contributed by atoms with Crippen LogP contribution in [0.4, 0.5) is 0 Å². The van der Waals surface area contributed by atoms with Crippen LogP contribution >= 0.6 is 11.3 Å². The van der Waals surface area contributed by atoms with E-state index >= 15 is 0 Å². The number of amides is 1. The summed E-state index contributed by atoms with van der Waals surface area (Å²) in [6.45, 7) is 11.9. The molecule has 0 saturated heterocycles. The molecule has 0 aliphatic heterocycles. The number of carbonyl (C=O) groups is 1. The Morgan fingerprint density at radius 1 is 1.15 bits per heavy atom. The number of para-hydroxylation sites is 1. The summed E-state index contributed by atoms with van der Waals surface area (Å²) in [5.74, 6) is 0.225. The molecule has 0 radical (unpaired) electrons. The third-order valence-corrected chi connectivity index (χ3v) is 6.91. The monoisotopic (exact) mass is 463 g/mol. The lowest BCUT2D eigenvalue weighted by atomic mass is 10.1. The second-order valence-electron chi connectivity index (χ2n) is 8.87. The second kappa shape index (κ2) is 8.94. The number of carbonyl (C=O) groups excluding carboxylic acids is 1. The lowest BCUT2D eigenvalue weighted by Gasteiger charge is -2.17. The van der Waals surface area contributed by atoms with Crippen LogP contribution in [-0.4, -0.2) is 31.1 Å². The molecule has 0 aliphatic carbocycles. The van der Waals surface area contributed by atoms with Crippen LogP contribution in [0.3, 0.4) is 0 Å². The Morgan fingerprint density at radius 3 is 2.58 bits per heavy atom. The van der Waals surface area contributed by atoms with Crippen molar-refractivity contribution in [3.63, 3.8) is 0 Å². The molecule has 7 nitrogen and oxygen atoms in total. The predicted octanol–water partition coefficient (Wildman–Crippen LogP) is 4.24. The number of aryl methyl sites for hydroxylation is 3. The maximum Gasteiger partial charge on any atom is 0.268 e. The van der Waals surface area contributed by atoms with Gasteiger partial charge >= 0.3 is 0 Å². The minimum atomic E-state index is -0.201. The summed E-state index contributed by atoms with van der Waals surface area (Å²) in [7, 11) is 0. The van der Waals surface area contributed by atoms with Crippen molar-refractivity contribution < 1.29 is 4.79 Å². The van der Waals surface area contributed by atoms with E-state index in [0.29, 0.717) is 33.5 Å². The normalized spacial score (nSPS) is 12.5. The Morgan fingerprint density at radius 2 is 1.88 bits per heavy atom. The van der Waals surface area contributed by atoms with Crippen LogP contribution in [0.15, 0.2) is 40.5 Å². The van der Waals surface area contributed by atoms with Crippen molar-refractivity contribution in [1.82, 2.24) is 24.5 Å². The van der Waals surface area contributed by atoms with Gasteiger partial charge in [0.2, 0.25) is 5.91 Å². The number of hydrogen-bond acceptors (Lipinski definition) is 5. The lowest BCUT2D eigenvalue weighted by molar-refractivity contribution is -0.121. The van der Waals surface area contributed by atoms with Gasteiger partial charge in [0.15, 0.2) is 4.96 Å². The molecule has 4 aromatic rings. The van der Waals surface area contributed by atoms with E-state index in [1.165, 1.54) is 11.3 Å². The molecule has 33 heavy (non-hydrogen) atoms. The van der Waals surface area contributed by atoms with Crippen molar-refractivity contribution in [3.8, 4) is 16.9 Å². The molecule has 0 aliphatic rings. The minimum Gasteiger partial charge on any atom is -0.353 e. The van der Waals surface area contributed by atoms with E-state index in [1.807, 2.05) is 68.1 Å². The SMILES string of the molecule is Cc1ccccc1-n1nc(-c2c(C)nc3scc(CC(=O)NC(C)C(C)C)n3c2=O)cc1C. The average molecular weight is 464 g/mol. The van der Waals surface area contributed by atoms with Gasteiger partial charge in [-0.1, -0.05) is 32.0 Å². The highest BCUT2D eigenvalue weighted by Crippen LogP contribution is 2.24. The third-order valence-electron chi connectivity index (χ3n) is 6.04. The molecule has 1 N–H and O–H groups in total. The number of nitrogens with zero attached hydrogens (tertiary/aromatic N) is 4. The summed E-state index contributed by atoms with van der Waals surface area (Å²) in [5.41, 5.74) is 5.09. The van der Waals surface area contributed by atoms with Crippen molar-refractivity contribution in [2.75, 3.05) is 0 Å². The first-order valence-corrected chi connectivity index (χ1v) is 12.0. The largest absolute Gasteiger partial charge is 0.353 e. The Hall–Kier alpha value is -3.26. The molecule has 0 saturated carbocycles. The quantitative estimate of drug-likeness (QED) is 0.464. The number of rotatable bonds is 6. The van der Waals surface area contributed by atoms with Gasteiger partial charge in [-0.05, 0) is 51.3 Å². The standard InChI is InChI=1S/C25H29N5O2S/c1-14(2)17(5)26-22(31)12-19-13-33-25-27-18(6)23(24(32)29(19)25)20-11-16(4)30(28-20)21-10-8-7-9-15(21)3/h7-11,13-14,17H,12H2,1-6H3,(H,26,31). The van der Waals surface area contributed by atoms with Gasteiger partial charge < -0.3 is 5.32 Å². The Bertz CT molecular complexity index is 1400. The van der Waals surface area contributed by atoms with Crippen LogP contribution in [0, 0.1) is 26.7 Å². The van der Waals surface area contributed by atoms with Gasteiger partial charge in [0, 0.05) is 22.8 Å². The summed E-state index contributed by atoms with van der Waals surface area (Å²) < 4.78 is 3.41. The van der Waals surface area contributed by atoms with Gasteiger partial charge in [-0.3, -0.25) is 14.0 Å². The summed E-state index contributed by atoms with van der Waals surface area (Å²) in [4.78, 5) is 31.4. The van der Waals surface area contributed by atoms with Crippen LogP contribution in [0.5, 0.6) is 0 Å². The molecule has 1 atom stereocenters. The highest BCUT2D eigenvalue weighted by molar-refractivity contribution is 7.15. The summed E-state index contributed by atoms with van der Waals surface area (Å²) in [5, 5.41) is 9.61. The smallest absolute Gasteiger partial charge is 0.268 e. The number of benzene rings is 1. The summed E-state index contributed by atoms with van der Waals surface area (Å²) in [6, 6.07) is 9.97. The van der Waals surface area contributed by atoms with Crippen molar-refractivity contribution >= 4 is 22.2 Å². The number of nitrogens with one attached hydrogen (secondary N) is 1. The van der Waals surface area contributed by atoms with Crippen molar-refractivity contribution in [1.29, 1.82) is 0 Å². The fraction of sp³-hybridized carbons (Fsp3) is 0.360. The average Bonchev–Trinajstić information content (AvgIpc) is 3.31. The zero-order valence-electron chi connectivity index (χ0n) is 19.8. The van der Waals surface area contributed by atoms with E-state index < -0.39 is 0 Å². The van der Waals surface area contributed by atoms with Gasteiger partial charge in [-0.2, -0.15) is 5.10 Å². The van der Waals surface area contributed by atoms with Gasteiger partial charge in [0.05, 0.1) is 23.4 Å². The molecule has 0 spiro atoms. The third kappa shape index (κ3) is 4.35. The van der Waals surface area contributed by atoms with E-state index in [9.17, 15) is 9.59 Å². The van der Waals surface area contributed by atoms with Crippen LogP contribution in [-0.2, 0) is 11.2 Å². The first-order chi connectivity index (χ1) is 15.7. The molecule has 0 bridgehead atoms. The van der Waals surface area contributed by atoms with E-state index in [4.69, 9.17) is 5.10 Å². The van der Waals surface area contributed by atoms with Crippen LogP contribution in [0.2, 0.25) is 0 Å². The van der Waals surface area contributed by atoms with Crippen molar-refractivity contribution in [2.24, 2.45) is 5.92 Å². The molecule has 4 rings (SSSR count). The molecule has 0 fully saturated rings. The van der Waals surface area contributed by atoms with E-state index in [2.05, 4.69) is 24.1 Å². The lowest BCUT2D eigenvalue weighted by Crippen LogP contribution is -2.37. The molecular formula is C25H29N5O2S. The second-order valence-corrected chi connectivity index (χ2v) is 9.71. The van der Waals surface area contributed by atoms with E-state index in [0.717, 1.165) is 16.9 Å². The van der Waals surface area contributed by atoms with Crippen molar-refractivity contribution in [2.45, 2.75) is 54.0 Å². The first-order valence-electron chi connectivity index (χ1n) is 11.1. The van der Waals surface area contributed by atoms with Gasteiger partial charge in [0.25, 0.3) is 5.56 Å². The minimum absolute atomic E-state index is 0.0587. The van der Waals surface area contributed by atoms with Crippen molar-refractivity contribution in [3.05, 3.63) is 68.7 Å². The number of hydrogen-bond donors (Lipinski definition) is 1. The summed E-state index contributed by atoms with van der Waals surface area (Å²) in [6.07, 6.45) is 0.123. The Balaban J connectivity index is 1.77. The highest BCUT2D eigenvalue weighted by Gasteiger charge is 2.21. The Kier molecular flexibility index (Phi) is 6.21. The Labute approximate surface area is 197 Å². The molecule has 3 aromatic heterocycles. The number of fused-ring (bicyclic) bond motifs is 1. The maximum absolute atomic E-state index is 13.6. The number of aromatic nitrogens is 4. The maximum atomic E-state index is 13.6. The first kappa shape index (κ1) is 22.9. The van der Waals surface area contributed by atoms with E-state index in [-0.39, 0.29) is 23.9 Å². The fourth-order valence-electron chi connectivity index (χ4n) is 3.80. The zero-order valence-corrected chi connectivity index (χ0v) is 20.7. The molecular weight excluding hydrogens is 434 g/mol. The van der Waals surface area contributed by atoms with Gasteiger partial charge in [-0.25, -0.2) is 9.67 Å². The molecule has 1 aromatic carbocycles. The molecule has 8 heteroatoms. The molecule has 1 unspecified atom stereocenters. The highest BCUT2D eigenvalue weighted by atomic mass is 32.1. The van der Waals surface area contributed by atoms with Crippen LogP contribution < -0.4 is 10.9 Å². The number of thiazole rings is 1. The van der Waals surface area contributed by atoms with Crippen LogP contribution in [0.1, 0.15) is 43.4 Å². The van der Waals surface area contributed by atoms with Crippen LogP contribution in [0.25, 0.3) is 21.9 Å². The fourth-order valence-corrected chi connectivity index (χ4v) is 4.73. The molecule has 1 amide bonds.